The zero-order valence-electron chi connectivity index (χ0n) is 14.2. The van der Waals surface area contributed by atoms with Crippen LogP contribution in [0, 0.1) is 11.5 Å². The Kier molecular flexibility index (Phi) is 7.50. The van der Waals surface area contributed by atoms with E-state index >= 15 is 0 Å². The standard InChI is InChI=1S/C17H22N4OS2/c1-21(2)10-14-6-4-5-13-9-15(22-16(13)14)11-24-8-7-19-17(23-3)20-12-18/h4-6,9H,7-8,10-11H2,1-3H3,(H,19,20). The van der Waals surface area contributed by atoms with Crippen molar-refractivity contribution in [3.63, 3.8) is 0 Å². The van der Waals surface area contributed by atoms with Crippen molar-refractivity contribution < 1.29 is 4.42 Å². The minimum absolute atomic E-state index is 0.662. The maximum atomic E-state index is 8.59. The first-order valence-corrected chi connectivity index (χ1v) is 9.98. The summed E-state index contributed by atoms with van der Waals surface area (Å²) in [4.78, 5) is 6.48. The van der Waals surface area contributed by atoms with Crippen LogP contribution >= 0.6 is 23.5 Å². The summed E-state index contributed by atoms with van der Waals surface area (Å²) < 4.78 is 6.04. The van der Waals surface area contributed by atoms with Gasteiger partial charge >= 0.3 is 0 Å². The molecule has 0 aliphatic carbocycles. The molecule has 5 nitrogen and oxygen atoms in total. The molecule has 1 aromatic carbocycles. The fourth-order valence-corrected chi connectivity index (χ4v) is 3.38. The van der Waals surface area contributed by atoms with E-state index in [1.165, 1.54) is 17.3 Å². The van der Waals surface area contributed by atoms with E-state index in [0.717, 1.165) is 34.8 Å². The fraction of sp³-hybridized carbons (Fsp3) is 0.412. The maximum Gasteiger partial charge on any atom is 0.183 e. The summed E-state index contributed by atoms with van der Waals surface area (Å²) in [5, 5.41) is 13.0. The van der Waals surface area contributed by atoms with Crippen LogP contribution in [0.4, 0.5) is 0 Å². The Bertz CT molecular complexity index is 734. The molecule has 0 aliphatic heterocycles. The van der Waals surface area contributed by atoms with E-state index < -0.39 is 0 Å². The van der Waals surface area contributed by atoms with Gasteiger partial charge in [-0.2, -0.15) is 17.0 Å². The van der Waals surface area contributed by atoms with E-state index in [4.69, 9.17) is 9.68 Å². The van der Waals surface area contributed by atoms with Gasteiger partial charge in [0.2, 0.25) is 0 Å². The fourth-order valence-electron chi connectivity index (χ4n) is 2.30. The van der Waals surface area contributed by atoms with Crippen LogP contribution < -0.4 is 5.32 Å². The number of aliphatic imine (C=N–C) groups is 1. The van der Waals surface area contributed by atoms with Crippen molar-refractivity contribution in [3.05, 3.63) is 35.6 Å². The smallest absolute Gasteiger partial charge is 0.183 e. The molecule has 0 amide bonds. The molecule has 0 saturated heterocycles. The number of para-hydroxylation sites is 1. The zero-order valence-corrected chi connectivity index (χ0v) is 15.8. The van der Waals surface area contributed by atoms with Crippen LogP contribution in [-0.2, 0) is 12.3 Å². The molecule has 0 saturated carbocycles. The van der Waals surface area contributed by atoms with Crippen LogP contribution in [0.5, 0.6) is 0 Å². The monoisotopic (exact) mass is 362 g/mol. The Morgan fingerprint density at radius 2 is 2.25 bits per heavy atom. The number of benzene rings is 1. The van der Waals surface area contributed by atoms with Crippen LogP contribution in [0.2, 0.25) is 0 Å². The Balaban J connectivity index is 1.91. The topological polar surface area (TPSA) is 64.6 Å². The van der Waals surface area contributed by atoms with E-state index in [2.05, 4.69) is 53.6 Å². The lowest BCUT2D eigenvalue weighted by atomic mass is 10.1. The first-order valence-electron chi connectivity index (χ1n) is 7.60. The average molecular weight is 363 g/mol. The number of nitrogens with one attached hydrogen (secondary N) is 1. The SMILES string of the molecule is CSC(=NCCSCc1cc2cccc(CN(C)C)c2o1)NC#N. The van der Waals surface area contributed by atoms with Gasteiger partial charge in [-0.1, -0.05) is 30.0 Å². The molecule has 128 valence electrons. The summed E-state index contributed by atoms with van der Waals surface area (Å²) >= 11 is 3.22. The highest BCUT2D eigenvalue weighted by atomic mass is 32.2. The van der Waals surface area contributed by atoms with Crippen molar-refractivity contribution in [3.8, 4) is 6.19 Å². The number of nitrogens with zero attached hydrogens (tertiary/aromatic N) is 3. The molecule has 1 aromatic heterocycles. The van der Waals surface area contributed by atoms with Crippen molar-refractivity contribution in [1.29, 1.82) is 5.26 Å². The van der Waals surface area contributed by atoms with Crippen LogP contribution in [0.3, 0.4) is 0 Å². The summed E-state index contributed by atoms with van der Waals surface area (Å²) in [5.41, 5.74) is 2.20. The number of amidine groups is 1. The number of rotatable bonds is 7. The molecule has 1 heterocycles. The third kappa shape index (κ3) is 5.48. The molecular formula is C17H22N4OS2. The number of fused-ring (bicyclic) bond motifs is 1. The zero-order chi connectivity index (χ0) is 17.4. The number of thioether (sulfide) groups is 2. The van der Waals surface area contributed by atoms with Gasteiger partial charge in [0.25, 0.3) is 0 Å². The lowest BCUT2D eigenvalue weighted by Gasteiger charge is -2.09. The van der Waals surface area contributed by atoms with Crippen LogP contribution in [0.15, 0.2) is 33.7 Å². The molecule has 0 aliphatic rings. The van der Waals surface area contributed by atoms with Crippen molar-refractivity contribution in [2.24, 2.45) is 4.99 Å². The largest absolute Gasteiger partial charge is 0.460 e. The molecule has 0 radical (unpaired) electrons. The van der Waals surface area contributed by atoms with Gasteiger partial charge < -0.3 is 9.32 Å². The molecule has 2 rings (SSSR count). The molecule has 0 unspecified atom stereocenters. The first kappa shape index (κ1) is 18.7. The third-order valence-electron chi connectivity index (χ3n) is 3.25. The Morgan fingerprint density at radius 3 is 2.96 bits per heavy atom. The summed E-state index contributed by atoms with van der Waals surface area (Å²) in [6, 6.07) is 8.40. The second-order valence-corrected chi connectivity index (χ2v) is 7.37. The quantitative estimate of drug-likeness (QED) is 0.267. The van der Waals surface area contributed by atoms with Gasteiger partial charge in [0.05, 0.1) is 12.3 Å². The first-order chi connectivity index (χ1) is 11.6. The summed E-state index contributed by atoms with van der Waals surface area (Å²) in [6.45, 7) is 1.55. The van der Waals surface area contributed by atoms with Crippen LogP contribution in [0.25, 0.3) is 11.0 Å². The lowest BCUT2D eigenvalue weighted by Crippen LogP contribution is -2.13. The maximum absolute atomic E-state index is 8.59. The Morgan fingerprint density at radius 1 is 1.42 bits per heavy atom. The van der Waals surface area contributed by atoms with Gasteiger partial charge in [-0.05, 0) is 26.4 Å². The minimum Gasteiger partial charge on any atom is -0.460 e. The van der Waals surface area contributed by atoms with E-state index in [1.54, 1.807) is 11.8 Å². The van der Waals surface area contributed by atoms with Crippen molar-refractivity contribution in [2.45, 2.75) is 12.3 Å². The highest BCUT2D eigenvalue weighted by Crippen LogP contribution is 2.26. The van der Waals surface area contributed by atoms with Crippen molar-refractivity contribution in [1.82, 2.24) is 10.2 Å². The van der Waals surface area contributed by atoms with E-state index in [9.17, 15) is 0 Å². The van der Waals surface area contributed by atoms with Crippen LogP contribution in [0.1, 0.15) is 11.3 Å². The van der Waals surface area contributed by atoms with E-state index in [-0.39, 0.29) is 0 Å². The van der Waals surface area contributed by atoms with E-state index in [1.807, 2.05) is 12.4 Å². The number of nitriles is 1. The Labute approximate surface area is 151 Å². The second-order valence-electron chi connectivity index (χ2n) is 5.47. The van der Waals surface area contributed by atoms with E-state index in [0.29, 0.717) is 11.7 Å². The molecule has 0 atom stereocenters. The summed E-state index contributed by atoms with van der Waals surface area (Å²) in [6.07, 6.45) is 3.79. The minimum atomic E-state index is 0.662. The molecule has 0 bridgehead atoms. The summed E-state index contributed by atoms with van der Waals surface area (Å²) in [5.74, 6) is 2.70. The predicted octanol–water partition coefficient (Wildman–Crippen LogP) is 3.52. The summed E-state index contributed by atoms with van der Waals surface area (Å²) in [7, 11) is 4.12. The lowest BCUT2D eigenvalue weighted by molar-refractivity contribution is 0.400. The molecule has 1 N–H and O–H groups in total. The normalized spacial score (nSPS) is 11.9. The average Bonchev–Trinajstić information content (AvgIpc) is 2.97. The van der Waals surface area contributed by atoms with Gasteiger partial charge in [0.1, 0.15) is 11.3 Å². The van der Waals surface area contributed by atoms with Crippen molar-refractivity contribution in [2.75, 3.05) is 32.6 Å². The van der Waals surface area contributed by atoms with Crippen molar-refractivity contribution >= 4 is 39.7 Å². The number of hydrogen-bond donors (Lipinski definition) is 1. The van der Waals surface area contributed by atoms with Gasteiger partial charge in [-0.15, -0.1) is 0 Å². The molecule has 24 heavy (non-hydrogen) atoms. The van der Waals surface area contributed by atoms with Gasteiger partial charge in [-0.25, -0.2) is 0 Å². The van der Waals surface area contributed by atoms with Gasteiger partial charge in [0.15, 0.2) is 11.4 Å². The van der Waals surface area contributed by atoms with Gasteiger partial charge in [0, 0.05) is 23.2 Å². The van der Waals surface area contributed by atoms with Gasteiger partial charge in [-0.3, -0.25) is 10.3 Å². The highest BCUT2D eigenvalue weighted by Gasteiger charge is 2.09. The number of furan rings is 1. The molecule has 2 aromatic rings. The molecule has 7 heteroatoms. The number of hydrogen-bond acceptors (Lipinski definition) is 6. The molecule has 0 fully saturated rings. The van der Waals surface area contributed by atoms with Crippen LogP contribution in [-0.4, -0.2) is 42.7 Å². The third-order valence-corrected chi connectivity index (χ3v) is 4.83. The second kappa shape index (κ2) is 9.62. The Hall–Kier alpha value is -1.62. The molecule has 0 spiro atoms. The molecular weight excluding hydrogens is 340 g/mol. The highest BCUT2D eigenvalue weighted by molar-refractivity contribution is 8.13. The predicted molar refractivity (Wildman–Crippen MR) is 104 cm³/mol.